The predicted molar refractivity (Wildman–Crippen MR) is 110 cm³/mol. The van der Waals surface area contributed by atoms with Crippen molar-refractivity contribution < 1.29 is 9.59 Å². The fourth-order valence-electron chi connectivity index (χ4n) is 4.60. The van der Waals surface area contributed by atoms with Gasteiger partial charge in [-0.05, 0) is 31.4 Å². The molecule has 1 aromatic carbocycles. The molecule has 0 N–H and O–H groups in total. The van der Waals surface area contributed by atoms with Crippen molar-refractivity contribution >= 4 is 22.7 Å². The molecule has 28 heavy (non-hydrogen) atoms. The SMILES string of the molecule is Cc1cc(C(=O)N2CCN(C(=O)CCC3CCCC3)CC2)c2ccccc2n1. The monoisotopic (exact) mass is 379 g/mol. The molecule has 1 saturated carbocycles. The Morgan fingerprint density at radius 2 is 1.71 bits per heavy atom. The van der Waals surface area contributed by atoms with Gasteiger partial charge in [0, 0.05) is 43.7 Å². The molecule has 2 heterocycles. The Labute approximate surface area is 166 Å². The molecular formula is C23H29N3O2. The van der Waals surface area contributed by atoms with Crippen molar-refractivity contribution in [2.24, 2.45) is 5.92 Å². The molecule has 2 aromatic rings. The van der Waals surface area contributed by atoms with Gasteiger partial charge < -0.3 is 9.80 Å². The maximum Gasteiger partial charge on any atom is 0.254 e. The van der Waals surface area contributed by atoms with Gasteiger partial charge in [-0.25, -0.2) is 0 Å². The highest BCUT2D eigenvalue weighted by Crippen LogP contribution is 2.29. The zero-order valence-corrected chi connectivity index (χ0v) is 16.7. The highest BCUT2D eigenvalue weighted by atomic mass is 16.2. The van der Waals surface area contributed by atoms with E-state index in [0.717, 1.165) is 28.9 Å². The van der Waals surface area contributed by atoms with Crippen LogP contribution in [0, 0.1) is 12.8 Å². The van der Waals surface area contributed by atoms with E-state index in [1.807, 2.05) is 47.1 Å². The van der Waals surface area contributed by atoms with Crippen LogP contribution in [0.5, 0.6) is 0 Å². The van der Waals surface area contributed by atoms with Crippen LogP contribution < -0.4 is 0 Å². The minimum absolute atomic E-state index is 0.0414. The number of hydrogen-bond donors (Lipinski definition) is 0. The van der Waals surface area contributed by atoms with Gasteiger partial charge in [-0.3, -0.25) is 14.6 Å². The summed E-state index contributed by atoms with van der Waals surface area (Å²) in [6.07, 6.45) is 6.91. The van der Waals surface area contributed by atoms with E-state index in [1.54, 1.807) is 0 Å². The van der Waals surface area contributed by atoms with Gasteiger partial charge in [0.2, 0.25) is 5.91 Å². The molecule has 0 spiro atoms. The summed E-state index contributed by atoms with van der Waals surface area (Å²) >= 11 is 0. The average Bonchev–Trinajstić information content (AvgIpc) is 3.24. The maximum atomic E-state index is 13.1. The van der Waals surface area contributed by atoms with Crippen LogP contribution in [0.3, 0.4) is 0 Å². The van der Waals surface area contributed by atoms with E-state index in [9.17, 15) is 9.59 Å². The lowest BCUT2D eigenvalue weighted by Gasteiger charge is -2.35. The smallest absolute Gasteiger partial charge is 0.254 e. The topological polar surface area (TPSA) is 53.5 Å². The number of carbonyl (C=O) groups excluding carboxylic acids is 2. The summed E-state index contributed by atoms with van der Waals surface area (Å²) in [6, 6.07) is 9.66. The molecule has 0 atom stereocenters. The Morgan fingerprint density at radius 3 is 2.46 bits per heavy atom. The molecule has 148 valence electrons. The largest absolute Gasteiger partial charge is 0.339 e. The third kappa shape index (κ3) is 4.03. The van der Waals surface area contributed by atoms with Crippen LogP contribution >= 0.6 is 0 Å². The zero-order chi connectivity index (χ0) is 19.5. The van der Waals surface area contributed by atoms with E-state index in [0.29, 0.717) is 38.2 Å². The molecule has 4 rings (SSSR count). The first-order valence-electron chi connectivity index (χ1n) is 10.6. The molecule has 1 saturated heterocycles. The normalized spacial score (nSPS) is 18.0. The highest BCUT2D eigenvalue weighted by molar-refractivity contribution is 6.06. The van der Waals surface area contributed by atoms with Crippen LogP contribution in [0.15, 0.2) is 30.3 Å². The van der Waals surface area contributed by atoms with Crippen molar-refractivity contribution in [1.82, 2.24) is 14.8 Å². The number of rotatable bonds is 4. The van der Waals surface area contributed by atoms with E-state index in [4.69, 9.17) is 0 Å². The van der Waals surface area contributed by atoms with Gasteiger partial charge in [0.05, 0.1) is 11.1 Å². The molecule has 0 bridgehead atoms. The van der Waals surface area contributed by atoms with Crippen LogP contribution in [-0.4, -0.2) is 52.8 Å². The fraction of sp³-hybridized carbons (Fsp3) is 0.522. The van der Waals surface area contributed by atoms with Crippen LogP contribution in [0.1, 0.15) is 54.6 Å². The Kier molecular flexibility index (Phi) is 5.60. The third-order valence-electron chi connectivity index (χ3n) is 6.24. The van der Waals surface area contributed by atoms with E-state index in [1.165, 1.54) is 25.7 Å². The lowest BCUT2D eigenvalue weighted by atomic mass is 10.0. The second-order valence-electron chi connectivity index (χ2n) is 8.19. The summed E-state index contributed by atoms with van der Waals surface area (Å²) < 4.78 is 0. The van der Waals surface area contributed by atoms with Gasteiger partial charge in [-0.15, -0.1) is 0 Å². The second-order valence-corrected chi connectivity index (χ2v) is 8.19. The number of carbonyl (C=O) groups is 2. The molecule has 5 nitrogen and oxygen atoms in total. The molecule has 1 aliphatic carbocycles. The quantitative estimate of drug-likeness (QED) is 0.812. The van der Waals surface area contributed by atoms with Crippen molar-refractivity contribution in [2.45, 2.75) is 45.4 Å². The summed E-state index contributed by atoms with van der Waals surface area (Å²) in [4.78, 5) is 34.0. The lowest BCUT2D eigenvalue weighted by Crippen LogP contribution is -2.50. The fourth-order valence-corrected chi connectivity index (χ4v) is 4.60. The molecule has 0 unspecified atom stereocenters. The van der Waals surface area contributed by atoms with Gasteiger partial charge in [0.25, 0.3) is 5.91 Å². The number of aromatic nitrogens is 1. The first-order valence-corrected chi connectivity index (χ1v) is 10.6. The van der Waals surface area contributed by atoms with Gasteiger partial charge >= 0.3 is 0 Å². The lowest BCUT2D eigenvalue weighted by molar-refractivity contribution is -0.133. The van der Waals surface area contributed by atoms with Crippen LogP contribution in [-0.2, 0) is 4.79 Å². The number of aryl methyl sites for hydroxylation is 1. The van der Waals surface area contributed by atoms with Gasteiger partial charge in [-0.1, -0.05) is 43.9 Å². The number of piperazine rings is 1. The number of pyridine rings is 1. The predicted octanol–water partition coefficient (Wildman–Crippen LogP) is 3.80. The number of benzene rings is 1. The number of fused-ring (bicyclic) bond motifs is 1. The molecule has 2 fully saturated rings. The van der Waals surface area contributed by atoms with Crippen LogP contribution in [0.25, 0.3) is 10.9 Å². The number of hydrogen-bond acceptors (Lipinski definition) is 3. The van der Waals surface area contributed by atoms with E-state index in [2.05, 4.69) is 4.98 Å². The van der Waals surface area contributed by atoms with Gasteiger partial charge in [-0.2, -0.15) is 0 Å². The zero-order valence-electron chi connectivity index (χ0n) is 16.7. The molecule has 5 heteroatoms. The van der Waals surface area contributed by atoms with Gasteiger partial charge in [0.15, 0.2) is 0 Å². The van der Waals surface area contributed by atoms with Crippen molar-refractivity contribution in [2.75, 3.05) is 26.2 Å². The van der Waals surface area contributed by atoms with Gasteiger partial charge in [0.1, 0.15) is 0 Å². The first kappa shape index (κ1) is 18.9. The Balaban J connectivity index is 1.37. The summed E-state index contributed by atoms with van der Waals surface area (Å²) in [7, 11) is 0. The first-order chi connectivity index (χ1) is 13.6. The minimum atomic E-state index is 0.0414. The Morgan fingerprint density at radius 1 is 1.04 bits per heavy atom. The molecule has 2 amide bonds. The second kappa shape index (κ2) is 8.29. The van der Waals surface area contributed by atoms with Crippen molar-refractivity contribution in [3.8, 4) is 0 Å². The van der Waals surface area contributed by atoms with Crippen LogP contribution in [0.2, 0.25) is 0 Å². The molecule has 0 radical (unpaired) electrons. The molecule has 1 aliphatic heterocycles. The standard InChI is InChI=1S/C23H29N3O2/c1-17-16-20(19-8-4-5-9-21(19)24-17)23(28)26-14-12-25(13-15-26)22(27)11-10-18-6-2-3-7-18/h4-5,8-9,16,18H,2-3,6-7,10-15H2,1H3. The van der Waals surface area contributed by atoms with E-state index >= 15 is 0 Å². The number of para-hydroxylation sites is 1. The maximum absolute atomic E-state index is 13.1. The molecule has 1 aromatic heterocycles. The van der Waals surface area contributed by atoms with Crippen molar-refractivity contribution in [1.29, 1.82) is 0 Å². The minimum Gasteiger partial charge on any atom is -0.339 e. The van der Waals surface area contributed by atoms with Crippen LogP contribution in [0.4, 0.5) is 0 Å². The summed E-state index contributed by atoms with van der Waals surface area (Å²) in [5.41, 5.74) is 2.42. The number of nitrogens with zero attached hydrogens (tertiary/aromatic N) is 3. The molecular weight excluding hydrogens is 350 g/mol. The van der Waals surface area contributed by atoms with E-state index < -0.39 is 0 Å². The Bertz CT molecular complexity index is 865. The average molecular weight is 380 g/mol. The van der Waals surface area contributed by atoms with Crippen molar-refractivity contribution in [3.05, 3.63) is 41.6 Å². The van der Waals surface area contributed by atoms with Crippen molar-refractivity contribution in [3.63, 3.8) is 0 Å². The summed E-state index contributed by atoms with van der Waals surface area (Å²) in [6.45, 7) is 4.39. The highest BCUT2D eigenvalue weighted by Gasteiger charge is 2.26. The number of amides is 2. The summed E-state index contributed by atoms with van der Waals surface area (Å²) in [5.74, 6) is 1.04. The third-order valence-corrected chi connectivity index (χ3v) is 6.24. The Hall–Kier alpha value is -2.43. The summed E-state index contributed by atoms with van der Waals surface area (Å²) in [5, 5.41) is 0.896. The van der Waals surface area contributed by atoms with E-state index in [-0.39, 0.29) is 11.8 Å². The molecule has 2 aliphatic rings.